The van der Waals surface area contributed by atoms with E-state index in [9.17, 15) is 0 Å². The summed E-state index contributed by atoms with van der Waals surface area (Å²) in [4.78, 5) is 10.5. The van der Waals surface area contributed by atoms with E-state index in [1.165, 1.54) is 44.2 Å². The Balaban J connectivity index is 1.40. The molecule has 0 spiro atoms. The van der Waals surface area contributed by atoms with Gasteiger partial charge in [-0.1, -0.05) is 6.07 Å². The SMILES string of the molecule is c1cc(SC2=NCC(Cc3c4c(cc5c3CCC5)CCC4)=N2)cnn1. The van der Waals surface area contributed by atoms with E-state index in [0.717, 1.165) is 23.0 Å². The summed E-state index contributed by atoms with van der Waals surface area (Å²) in [7, 11) is 0. The molecule has 5 heteroatoms. The van der Waals surface area contributed by atoms with Crippen LogP contribution in [0.25, 0.3) is 0 Å². The molecule has 1 aromatic carbocycles. The zero-order chi connectivity index (χ0) is 16.6. The molecule has 0 radical (unpaired) electrons. The smallest absolute Gasteiger partial charge is 0.188 e. The second-order valence-corrected chi connectivity index (χ2v) is 8.01. The number of thioether (sulfide) groups is 1. The standard InChI is InChI=1S/C20H20N4S/c1-3-13-9-14-4-2-6-18(14)19(17(13)5-1)10-15-11-21-20(24-15)25-16-7-8-22-23-12-16/h7-9,12H,1-6,10-11H2. The van der Waals surface area contributed by atoms with Crippen LogP contribution in [0.15, 0.2) is 39.4 Å². The highest BCUT2D eigenvalue weighted by atomic mass is 32.2. The molecule has 0 saturated heterocycles. The third-order valence-corrected chi connectivity index (χ3v) is 6.28. The molecule has 0 saturated carbocycles. The summed E-state index contributed by atoms with van der Waals surface area (Å²) in [6.45, 7) is 0.735. The minimum absolute atomic E-state index is 0.735. The Kier molecular flexibility index (Phi) is 3.89. The maximum Gasteiger partial charge on any atom is 0.188 e. The molecule has 0 bridgehead atoms. The fraction of sp³-hybridized carbons (Fsp3) is 0.400. The van der Waals surface area contributed by atoms with E-state index in [1.54, 1.807) is 52.0 Å². The van der Waals surface area contributed by atoms with Crippen molar-refractivity contribution in [3.63, 3.8) is 0 Å². The van der Waals surface area contributed by atoms with Gasteiger partial charge in [-0.25, -0.2) is 4.99 Å². The van der Waals surface area contributed by atoms with Gasteiger partial charge in [-0.3, -0.25) is 4.99 Å². The molecule has 2 aromatic rings. The zero-order valence-corrected chi connectivity index (χ0v) is 15.0. The fourth-order valence-corrected chi connectivity index (χ4v) is 5.06. The third kappa shape index (κ3) is 2.91. The molecule has 2 heterocycles. The summed E-state index contributed by atoms with van der Waals surface area (Å²) in [6, 6.07) is 4.45. The number of benzene rings is 1. The molecule has 5 rings (SSSR count). The van der Waals surface area contributed by atoms with E-state index in [1.807, 2.05) is 6.07 Å². The van der Waals surface area contributed by atoms with Crippen LogP contribution in [0.1, 0.15) is 40.7 Å². The molecule has 0 unspecified atom stereocenters. The van der Waals surface area contributed by atoms with E-state index >= 15 is 0 Å². The summed E-state index contributed by atoms with van der Waals surface area (Å²) in [5.41, 5.74) is 9.26. The minimum atomic E-state index is 0.735. The molecule has 0 amide bonds. The summed E-state index contributed by atoms with van der Waals surface area (Å²) in [5.74, 6) is 0. The maximum atomic E-state index is 4.81. The van der Waals surface area contributed by atoms with Crippen molar-refractivity contribution in [1.29, 1.82) is 0 Å². The summed E-state index contributed by atoms with van der Waals surface area (Å²) < 4.78 is 0. The Morgan fingerprint density at radius 3 is 2.48 bits per heavy atom. The molecule has 2 aliphatic carbocycles. The van der Waals surface area contributed by atoms with Gasteiger partial charge in [-0.2, -0.15) is 10.2 Å². The quantitative estimate of drug-likeness (QED) is 0.851. The van der Waals surface area contributed by atoms with E-state index in [4.69, 9.17) is 4.99 Å². The molecule has 0 N–H and O–H groups in total. The van der Waals surface area contributed by atoms with Gasteiger partial charge < -0.3 is 0 Å². The molecule has 3 aliphatic rings. The predicted molar refractivity (Wildman–Crippen MR) is 102 cm³/mol. The van der Waals surface area contributed by atoms with Crippen LogP contribution in [0.5, 0.6) is 0 Å². The van der Waals surface area contributed by atoms with Gasteiger partial charge in [0.2, 0.25) is 0 Å². The number of nitrogens with zero attached hydrogens (tertiary/aromatic N) is 4. The first-order chi connectivity index (χ1) is 12.4. The minimum Gasteiger partial charge on any atom is -0.254 e. The Morgan fingerprint density at radius 1 is 0.960 bits per heavy atom. The highest BCUT2D eigenvalue weighted by molar-refractivity contribution is 8.14. The summed E-state index contributed by atoms with van der Waals surface area (Å²) in [5, 5.41) is 8.59. The number of rotatable bonds is 3. The van der Waals surface area contributed by atoms with Gasteiger partial charge in [0.25, 0.3) is 0 Å². The first-order valence-corrected chi connectivity index (χ1v) is 9.89. The van der Waals surface area contributed by atoms with Crippen LogP contribution in [0.2, 0.25) is 0 Å². The van der Waals surface area contributed by atoms with E-state index in [0.29, 0.717) is 0 Å². The predicted octanol–water partition coefficient (Wildman–Crippen LogP) is 3.60. The lowest BCUT2D eigenvalue weighted by atomic mass is 9.91. The van der Waals surface area contributed by atoms with Crippen LogP contribution in [0.3, 0.4) is 0 Å². The number of aliphatic imine (C=N–C) groups is 2. The topological polar surface area (TPSA) is 50.5 Å². The molecular weight excluding hydrogens is 328 g/mol. The maximum absolute atomic E-state index is 4.81. The lowest BCUT2D eigenvalue weighted by Crippen LogP contribution is -2.10. The van der Waals surface area contributed by atoms with Crippen LogP contribution >= 0.6 is 11.8 Å². The van der Waals surface area contributed by atoms with E-state index in [2.05, 4.69) is 21.3 Å². The second kappa shape index (κ2) is 6.37. The molecule has 0 atom stereocenters. The lowest BCUT2D eigenvalue weighted by Gasteiger charge is -2.15. The van der Waals surface area contributed by atoms with E-state index < -0.39 is 0 Å². The van der Waals surface area contributed by atoms with Crippen LogP contribution in [-0.4, -0.2) is 27.6 Å². The van der Waals surface area contributed by atoms with Crippen molar-refractivity contribution in [3.8, 4) is 0 Å². The molecule has 25 heavy (non-hydrogen) atoms. The Hall–Kier alpha value is -2.01. The van der Waals surface area contributed by atoms with Crippen LogP contribution in [0, 0.1) is 0 Å². The van der Waals surface area contributed by atoms with Gasteiger partial charge in [0.05, 0.1) is 18.9 Å². The van der Waals surface area contributed by atoms with Crippen molar-refractivity contribution in [1.82, 2.24) is 10.2 Å². The number of aryl methyl sites for hydroxylation is 2. The van der Waals surface area contributed by atoms with Crippen molar-refractivity contribution < 1.29 is 0 Å². The van der Waals surface area contributed by atoms with Crippen LogP contribution < -0.4 is 0 Å². The molecule has 1 aliphatic heterocycles. The number of amidine groups is 1. The molecule has 1 aromatic heterocycles. The molecule has 0 fully saturated rings. The monoisotopic (exact) mass is 348 g/mol. The molecule has 4 nitrogen and oxygen atoms in total. The zero-order valence-electron chi connectivity index (χ0n) is 14.2. The van der Waals surface area contributed by atoms with Crippen molar-refractivity contribution in [2.45, 2.75) is 49.8 Å². The van der Waals surface area contributed by atoms with Gasteiger partial charge in [0.15, 0.2) is 5.17 Å². The molecule has 126 valence electrons. The van der Waals surface area contributed by atoms with Crippen molar-refractivity contribution in [3.05, 3.63) is 52.3 Å². The largest absolute Gasteiger partial charge is 0.254 e. The highest BCUT2D eigenvalue weighted by Crippen LogP contribution is 2.36. The van der Waals surface area contributed by atoms with Crippen LogP contribution in [-0.2, 0) is 32.1 Å². The number of fused-ring (bicyclic) bond motifs is 2. The first kappa shape index (κ1) is 15.3. The van der Waals surface area contributed by atoms with Gasteiger partial charge in [-0.05, 0) is 84.2 Å². The van der Waals surface area contributed by atoms with Gasteiger partial charge in [-0.15, -0.1) is 0 Å². The number of hydrogen-bond acceptors (Lipinski definition) is 5. The Labute approximate surface area is 151 Å². The van der Waals surface area contributed by atoms with Gasteiger partial charge >= 0.3 is 0 Å². The molecular formula is C20H20N4S. The van der Waals surface area contributed by atoms with Gasteiger partial charge in [0.1, 0.15) is 0 Å². The first-order valence-electron chi connectivity index (χ1n) is 9.07. The average Bonchev–Trinajstić information content (AvgIpc) is 3.36. The number of hydrogen-bond donors (Lipinski definition) is 0. The lowest BCUT2D eigenvalue weighted by molar-refractivity contribution is 0.890. The van der Waals surface area contributed by atoms with Crippen LogP contribution in [0.4, 0.5) is 0 Å². The highest BCUT2D eigenvalue weighted by Gasteiger charge is 2.25. The summed E-state index contributed by atoms with van der Waals surface area (Å²) in [6.07, 6.45) is 12.1. The van der Waals surface area contributed by atoms with Crippen molar-refractivity contribution >= 4 is 22.6 Å². The summed E-state index contributed by atoms with van der Waals surface area (Å²) >= 11 is 1.58. The van der Waals surface area contributed by atoms with E-state index in [-0.39, 0.29) is 0 Å². The average molecular weight is 348 g/mol. The fourth-order valence-electron chi connectivity index (χ4n) is 4.31. The Bertz CT molecular complexity index is 854. The Morgan fingerprint density at radius 2 is 1.76 bits per heavy atom. The normalized spacial score (nSPS) is 18.1. The third-order valence-electron chi connectivity index (χ3n) is 5.40. The van der Waals surface area contributed by atoms with Crippen molar-refractivity contribution in [2.75, 3.05) is 6.54 Å². The van der Waals surface area contributed by atoms with Crippen molar-refractivity contribution in [2.24, 2.45) is 9.98 Å². The van der Waals surface area contributed by atoms with Gasteiger partial charge in [0, 0.05) is 17.0 Å². The number of aromatic nitrogens is 2. The second-order valence-electron chi connectivity index (χ2n) is 6.97.